The van der Waals surface area contributed by atoms with Gasteiger partial charge in [0.15, 0.2) is 0 Å². The van der Waals surface area contributed by atoms with Gasteiger partial charge in [-0.3, -0.25) is 0 Å². The summed E-state index contributed by atoms with van der Waals surface area (Å²) in [5.41, 5.74) is 0.585. The van der Waals surface area contributed by atoms with Crippen LogP contribution in [0.25, 0.3) is 0 Å². The highest BCUT2D eigenvalue weighted by molar-refractivity contribution is 5.68. The van der Waals surface area contributed by atoms with Crippen molar-refractivity contribution in [1.82, 2.24) is 14.7 Å². The van der Waals surface area contributed by atoms with Gasteiger partial charge in [-0.15, -0.1) is 0 Å². The molecule has 1 unspecified atom stereocenters. The van der Waals surface area contributed by atoms with E-state index in [1.54, 1.807) is 15.8 Å². The second-order valence-electron chi connectivity index (χ2n) is 7.09. The van der Waals surface area contributed by atoms with E-state index in [1.165, 1.54) is 0 Å². The first kappa shape index (κ1) is 14.4. The molecule has 6 heteroatoms. The van der Waals surface area contributed by atoms with Crippen molar-refractivity contribution in [3.05, 3.63) is 18.0 Å². The summed E-state index contributed by atoms with van der Waals surface area (Å²) in [5.74, 6) is 0. The number of aliphatic hydroxyl groups excluding tert-OH is 1. The first-order valence-corrected chi connectivity index (χ1v) is 7.51. The largest absolute Gasteiger partial charge is 0.444 e. The maximum Gasteiger partial charge on any atom is 0.410 e. The van der Waals surface area contributed by atoms with E-state index in [2.05, 4.69) is 5.10 Å². The minimum atomic E-state index is -0.539. The number of rotatable bonds is 0. The molecule has 1 aromatic heterocycles. The molecule has 1 amide bonds. The van der Waals surface area contributed by atoms with Gasteiger partial charge < -0.3 is 14.7 Å². The molecule has 0 bridgehead atoms. The predicted molar refractivity (Wildman–Crippen MR) is 76.8 cm³/mol. The number of aliphatic hydroxyl groups is 1. The van der Waals surface area contributed by atoms with Gasteiger partial charge in [0, 0.05) is 36.8 Å². The van der Waals surface area contributed by atoms with Crippen molar-refractivity contribution in [3.63, 3.8) is 0 Å². The predicted octanol–water partition coefficient (Wildman–Crippen LogP) is 2.05. The fraction of sp³-hybridized carbons (Fsp3) is 0.733. The number of aromatic nitrogens is 2. The Balaban J connectivity index is 1.68. The molecule has 6 nitrogen and oxygen atoms in total. The molecule has 0 radical (unpaired) electrons. The highest BCUT2D eigenvalue weighted by Crippen LogP contribution is 2.46. The van der Waals surface area contributed by atoms with Gasteiger partial charge in [-0.05, 0) is 39.7 Å². The van der Waals surface area contributed by atoms with E-state index in [4.69, 9.17) is 4.74 Å². The minimum absolute atomic E-state index is 0.0472. The molecule has 2 aliphatic heterocycles. The Morgan fingerprint density at radius 2 is 2.10 bits per heavy atom. The Bertz CT molecular complexity index is 539. The molecule has 1 atom stereocenters. The molecule has 0 aliphatic carbocycles. The summed E-state index contributed by atoms with van der Waals surface area (Å²) in [4.78, 5) is 13.9. The molecule has 0 aromatic carbocycles. The summed E-state index contributed by atoms with van der Waals surface area (Å²) in [6.45, 7) is 6.95. The standard InChI is InChI=1S/C15H23N3O3/c1-14(2,3)21-13(20)17-8-5-15(6-9-17)10-12(19)18-11(15)4-7-16-18/h4,7,12,19H,5-6,8-10H2,1-3H3. The highest BCUT2D eigenvalue weighted by atomic mass is 16.6. The molecule has 3 rings (SSSR count). The second kappa shape index (κ2) is 4.73. The van der Waals surface area contributed by atoms with Crippen LogP contribution in [-0.4, -0.2) is 44.6 Å². The van der Waals surface area contributed by atoms with E-state index in [0.29, 0.717) is 19.5 Å². The molecular formula is C15H23N3O3. The molecule has 2 aliphatic rings. The van der Waals surface area contributed by atoms with Gasteiger partial charge in [-0.25, -0.2) is 9.48 Å². The molecule has 1 spiro atoms. The quantitative estimate of drug-likeness (QED) is 0.795. The topological polar surface area (TPSA) is 67.6 Å². The van der Waals surface area contributed by atoms with E-state index in [0.717, 1.165) is 18.5 Å². The lowest BCUT2D eigenvalue weighted by molar-refractivity contribution is 0.0139. The highest BCUT2D eigenvalue weighted by Gasteiger charge is 2.46. The number of carbonyl (C=O) groups is 1. The number of hydrogen-bond donors (Lipinski definition) is 1. The van der Waals surface area contributed by atoms with Crippen LogP contribution in [0.15, 0.2) is 12.3 Å². The minimum Gasteiger partial charge on any atom is -0.444 e. The van der Waals surface area contributed by atoms with Crippen LogP contribution in [-0.2, 0) is 10.2 Å². The van der Waals surface area contributed by atoms with E-state index >= 15 is 0 Å². The third-order valence-corrected chi connectivity index (χ3v) is 4.44. The lowest BCUT2D eigenvalue weighted by atomic mass is 9.75. The summed E-state index contributed by atoms with van der Waals surface area (Å²) in [5, 5.41) is 14.3. The fourth-order valence-corrected chi connectivity index (χ4v) is 3.42. The normalized spacial score (nSPS) is 24.2. The Labute approximate surface area is 124 Å². The number of ether oxygens (including phenoxy) is 1. The van der Waals surface area contributed by atoms with Gasteiger partial charge in [0.1, 0.15) is 11.8 Å². The summed E-state index contributed by atoms with van der Waals surface area (Å²) in [7, 11) is 0. The third kappa shape index (κ3) is 2.52. The molecule has 0 saturated carbocycles. The number of likely N-dealkylation sites (tertiary alicyclic amines) is 1. The maximum atomic E-state index is 12.1. The van der Waals surface area contributed by atoms with Crippen LogP contribution in [0.1, 0.15) is 52.0 Å². The molecule has 1 fully saturated rings. The molecule has 1 saturated heterocycles. The first-order valence-electron chi connectivity index (χ1n) is 7.51. The third-order valence-electron chi connectivity index (χ3n) is 4.44. The Kier molecular flexibility index (Phi) is 3.24. The smallest absolute Gasteiger partial charge is 0.410 e. The van der Waals surface area contributed by atoms with Gasteiger partial charge in [0.25, 0.3) is 0 Å². The number of piperidine rings is 1. The summed E-state index contributed by atoms with van der Waals surface area (Å²) >= 11 is 0. The van der Waals surface area contributed by atoms with Crippen LogP contribution in [0.5, 0.6) is 0 Å². The summed E-state index contributed by atoms with van der Waals surface area (Å²) in [6.07, 6.45) is 3.33. The van der Waals surface area contributed by atoms with Crippen molar-refractivity contribution in [1.29, 1.82) is 0 Å². The zero-order valence-electron chi connectivity index (χ0n) is 12.9. The Morgan fingerprint density at radius 1 is 1.43 bits per heavy atom. The van der Waals surface area contributed by atoms with Gasteiger partial charge in [0.2, 0.25) is 0 Å². The van der Waals surface area contributed by atoms with Crippen molar-refractivity contribution in [2.24, 2.45) is 0 Å². The SMILES string of the molecule is CC(C)(C)OC(=O)N1CCC2(CC1)CC(O)n1nccc12. The van der Waals surface area contributed by atoms with Crippen LogP contribution in [0.3, 0.4) is 0 Å². The summed E-state index contributed by atoms with van der Waals surface area (Å²) < 4.78 is 7.14. The van der Waals surface area contributed by atoms with Crippen molar-refractivity contribution < 1.29 is 14.6 Å². The Hall–Kier alpha value is -1.56. The van der Waals surface area contributed by atoms with E-state index in [-0.39, 0.29) is 11.5 Å². The van der Waals surface area contributed by atoms with E-state index in [1.807, 2.05) is 26.8 Å². The number of hydrogen-bond acceptors (Lipinski definition) is 4. The lowest BCUT2D eigenvalue weighted by Crippen LogP contribution is -2.46. The molecule has 3 heterocycles. The van der Waals surface area contributed by atoms with Crippen molar-refractivity contribution in [2.75, 3.05) is 13.1 Å². The van der Waals surface area contributed by atoms with Crippen LogP contribution < -0.4 is 0 Å². The maximum absolute atomic E-state index is 12.1. The number of fused-ring (bicyclic) bond motifs is 2. The summed E-state index contributed by atoms with van der Waals surface area (Å²) in [6, 6.07) is 1.99. The van der Waals surface area contributed by atoms with E-state index in [9.17, 15) is 9.90 Å². The van der Waals surface area contributed by atoms with Crippen LogP contribution in [0, 0.1) is 0 Å². The average Bonchev–Trinajstić information content (AvgIpc) is 2.94. The number of carbonyl (C=O) groups excluding carboxylic acids is 1. The molecule has 1 N–H and O–H groups in total. The fourth-order valence-electron chi connectivity index (χ4n) is 3.42. The van der Waals surface area contributed by atoms with Gasteiger partial charge in [0.05, 0.1) is 0 Å². The zero-order chi connectivity index (χ0) is 15.3. The second-order valence-corrected chi connectivity index (χ2v) is 7.09. The molecule has 21 heavy (non-hydrogen) atoms. The molecule has 1 aromatic rings. The van der Waals surface area contributed by atoms with Gasteiger partial charge >= 0.3 is 6.09 Å². The monoisotopic (exact) mass is 293 g/mol. The number of amides is 1. The molecular weight excluding hydrogens is 270 g/mol. The van der Waals surface area contributed by atoms with Crippen molar-refractivity contribution in [3.8, 4) is 0 Å². The molecule has 116 valence electrons. The van der Waals surface area contributed by atoms with Crippen LogP contribution >= 0.6 is 0 Å². The Morgan fingerprint density at radius 3 is 2.71 bits per heavy atom. The van der Waals surface area contributed by atoms with Gasteiger partial charge in [-0.2, -0.15) is 5.10 Å². The first-order chi connectivity index (χ1) is 9.81. The van der Waals surface area contributed by atoms with Crippen molar-refractivity contribution in [2.45, 2.75) is 57.3 Å². The average molecular weight is 293 g/mol. The van der Waals surface area contributed by atoms with Gasteiger partial charge in [-0.1, -0.05) is 0 Å². The van der Waals surface area contributed by atoms with Crippen LogP contribution in [0.2, 0.25) is 0 Å². The van der Waals surface area contributed by atoms with Crippen LogP contribution in [0.4, 0.5) is 4.79 Å². The lowest BCUT2D eigenvalue weighted by Gasteiger charge is -2.39. The zero-order valence-corrected chi connectivity index (χ0v) is 12.9. The van der Waals surface area contributed by atoms with E-state index < -0.39 is 11.8 Å². The number of nitrogens with zero attached hydrogens (tertiary/aromatic N) is 3. The van der Waals surface area contributed by atoms with Crippen molar-refractivity contribution >= 4 is 6.09 Å².